The standard InChI is InChI=1S/C9H16ClN2O2S/c1-2-4-11-6-7-12(9-11)5-3-8-15(10,13)14/h6-7,9H,2-5,8H2,1H3/q+1. The molecule has 86 valence electrons. The van der Waals surface area contributed by atoms with E-state index in [1.54, 1.807) is 0 Å². The van der Waals surface area contributed by atoms with Crippen molar-refractivity contribution in [2.75, 3.05) is 5.75 Å². The summed E-state index contributed by atoms with van der Waals surface area (Å²) < 4.78 is 25.4. The van der Waals surface area contributed by atoms with Crippen molar-refractivity contribution >= 4 is 19.7 Å². The van der Waals surface area contributed by atoms with Crippen LogP contribution in [0.4, 0.5) is 0 Å². The number of imidazole rings is 1. The molecule has 1 aromatic heterocycles. The number of hydrogen-bond acceptors (Lipinski definition) is 2. The molecule has 0 spiro atoms. The van der Waals surface area contributed by atoms with Crippen LogP contribution in [0.25, 0.3) is 0 Å². The van der Waals surface area contributed by atoms with E-state index in [0.29, 0.717) is 13.0 Å². The van der Waals surface area contributed by atoms with E-state index in [4.69, 9.17) is 10.7 Å². The summed E-state index contributed by atoms with van der Waals surface area (Å²) in [6.45, 7) is 3.79. The molecular formula is C9H16ClN2O2S+. The van der Waals surface area contributed by atoms with Crippen molar-refractivity contribution in [3.8, 4) is 0 Å². The number of hydrogen-bond donors (Lipinski definition) is 0. The summed E-state index contributed by atoms with van der Waals surface area (Å²) in [4.78, 5) is 0. The normalized spacial score (nSPS) is 11.9. The third-order valence-corrected chi connectivity index (χ3v) is 3.27. The Balaban J connectivity index is 2.38. The van der Waals surface area contributed by atoms with Gasteiger partial charge in [-0.15, -0.1) is 0 Å². The minimum Gasteiger partial charge on any atom is -0.237 e. The van der Waals surface area contributed by atoms with Gasteiger partial charge in [-0.2, -0.15) is 0 Å². The molecule has 4 nitrogen and oxygen atoms in total. The van der Waals surface area contributed by atoms with Gasteiger partial charge in [-0.1, -0.05) is 6.92 Å². The zero-order valence-corrected chi connectivity index (χ0v) is 10.3. The van der Waals surface area contributed by atoms with Gasteiger partial charge in [-0.05, 0) is 6.42 Å². The van der Waals surface area contributed by atoms with Crippen LogP contribution in [0, 0.1) is 0 Å². The van der Waals surface area contributed by atoms with E-state index < -0.39 is 9.05 Å². The number of aromatic nitrogens is 2. The Kier molecular flexibility index (Phi) is 4.60. The van der Waals surface area contributed by atoms with E-state index in [1.165, 1.54) is 0 Å². The van der Waals surface area contributed by atoms with E-state index in [-0.39, 0.29) is 5.75 Å². The van der Waals surface area contributed by atoms with Gasteiger partial charge in [0, 0.05) is 17.1 Å². The van der Waals surface area contributed by atoms with Crippen molar-refractivity contribution in [1.29, 1.82) is 0 Å². The van der Waals surface area contributed by atoms with Crippen LogP contribution in [0.3, 0.4) is 0 Å². The highest BCUT2D eigenvalue weighted by Gasteiger charge is 2.07. The Morgan fingerprint density at radius 1 is 1.47 bits per heavy atom. The summed E-state index contributed by atoms with van der Waals surface area (Å²) in [6.07, 6.45) is 7.54. The van der Waals surface area contributed by atoms with E-state index in [0.717, 1.165) is 13.0 Å². The fraction of sp³-hybridized carbons (Fsp3) is 0.667. The molecule has 0 aliphatic rings. The molecule has 0 amide bonds. The smallest absolute Gasteiger partial charge is 0.237 e. The van der Waals surface area contributed by atoms with Crippen molar-refractivity contribution < 1.29 is 13.0 Å². The summed E-state index contributed by atoms with van der Waals surface area (Å²) in [5.74, 6) is 0.0283. The highest BCUT2D eigenvalue weighted by Crippen LogP contribution is 2.00. The minimum atomic E-state index is -3.35. The Hall–Kier alpha value is -0.550. The van der Waals surface area contributed by atoms with Crippen LogP contribution in [0.1, 0.15) is 19.8 Å². The maximum absolute atomic E-state index is 10.7. The van der Waals surface area contributed by atoms with E-state index in [1.807, 2.05) is 23.3 Å². The van der Waals surface area contributed by atoms with Gasteiger partial charge < -0.3 is 0 Å². The molecule has 0 aliphatic heterocycles. The van der Waals surface area contributed by atoms with Crippen LogP contribution < -0.4 is 4.57 Å². The Morgan fingerprint density at radius 3 is 2.80 bits per heavy atom. The molecule has 0 radical (unpaired) electrons. The Labute approximate surface area is 94.9 Å². The third-order valence-electron chi connectivity index (χ3n) is 2.03. The van der Waals surface area contributed by atoms with Crippen LogP contribution >= 0.6 is 10.7 Å². The average Bonchev–Trinajstić information content (AvgIpc) is 2.51. The molecule has 0 saturated heterocycles. The first-order valence-corrected chi connectivity index (χ1v) is 7.46. The maximum atomic E-state index is 10.7. The lowest BCUT2D eigenvalue weighted by Gasteiger charge is -1.94. The summed E-state index contributed by atoms with van der Waals surface area (Å²) in [5.41, 5.74) is 0. The van der Waals surface area contributed by atoms with Gasteiger partial charge in [0.05, 0.1) is 18.8 Å². The van der Waals surface area contributed by atoms with Crippen molar-refractivity contribution in [2.45, 2.75) is 32.9 Å². The molecule has 0 fully saturated rings. The van der Waals surface area contributed by atoms with Gasteiger partial charge in [0.15, 0.2) is 0 Å². The van der Waals surface area contributed by atoms with Gasteiger partial charge in [0.25, 0.3) is 0 Å². The minimum absolute atomic E-state index is 0.0283. The first-order valence-electron chi connectivity index (χ1n) is 4.98. The number of aryl methyl sites for hydroxylation is 2. The fourth-order valence-corrected chi connectivity index (χ4v) is 2.18. The van der Waals surface area contributed by atoms with Crippen LogP contribution in [-0.2, 0) is 22.1 Å². The number of halogens is 1. The molecule has 0 N–H and O–H groups in total. The molecular weight excluding hydrogens is 236 g/mol. The largest absolute Gasteiger partial charge is 0.243 e. The SMILES string of the molecule is CCC[n+]1ccn(CCCS(=O)(=O)Cl)c1. The van der Waals surface area contributed by atoms with Crippen LogP contribution in [0.5, 0.6) is 0 Å². The maximum Gasteiger partial charge on any atom is 0.243 e. The van der Waals surface area contributed by atoms with Gasteiger partial charge >= 0.3 is 0 Å². The lowest BCUT2D eigenvalue weighted by Crippen LogP contribution is -2.30. The Morgan fingerprint density at radius 2 is 2.20 bits per heavy atom. The van der Waals surface area contributed by atoms with Gasteiger partial charge in [0.2, 0.25) is 15.4 Å². The zero-order chi connectivity index (χ0) is 11.3. The molecule has 1 heterocycles. The molecule has 0 aromatic carbocycles. The topological polar surface area (TPSA) is 43.0 Å². The predicted octanol–water partition coefficient (Wildman–Crippen LogP) is 1.14. The predicted molar refractivity (Wildman–Crippen MR) is 59.2 cm³/mol. The monoisotopic (exact) mass is 251 g/mol. The molecule has 1 rings (SSSR count). The van der Waals surface area contributed by atoms with Crippen molar-refractivity contribution in [2.24, 2.45) is 0 Å². The highest BCUT2D eigenvalue weighted by atomic mass is 35.7. The van der Waals surface area contributed by atoms with Crippen molar-refractivity contribution in [1.82, 2.24) is 4.57 Å². The second-order valence-corrected chi connectivity index (χ2v) is 6.38. The Bertz CT molecular complexity index is 400. The fourth-order valence-electron chi connectivity index (χ4n) is 1.38. The van der Waals surface area contributed by atoms with Crippen LogP contribution in [-0.4, -0.2) is 18.7 Å². The molecule has 0 bridgehead atoms. The lowest BCUT2D eigenvalue weighted by atomic mass is 10.5. The highest BCUT2D eigenvalue weighted by molar-refractivity contribution is 8.13. The molecule has 0 aliphatic carbocycles. The van der Waals surface area contributed by atoms with Gasteiger partial charge in [-0.3, -0.25) is 0 Å². The summed E-state index contributed by atoms with van der Waals surface area (Å²) in [5, 5.41) is 0. The van der Waals surface area contributed by atoms with E-state index >= 15 is 0 Å². The summed E-state index contributed by atoms with van der Waals surface area (Å²) in [7, 11) is 1.77. The van der Waals surface area contributed by atoms with Crippen molar-refractivity contribution in [3.05, 3.63) is 18.7 Å². The quantitative estimate of drug-likeness (QED) is 0.562. The first-order chi connectivity index (χ1) is 7.01. The molecule has 0 unspecified atom stereocenters. The average molecular weight is 252 g/mol. The van der Waals surface area contributed by atoms with E-state index in [2.05, 4.69) is 11.5 Å². The number of rotatable bonds is 6. The van der Waals surface area contributed by atoms with Crippen molar-refractivity contribution in [3.63, 3.8) is 0 Å². The third kappa shape index (κ3) is 5.18. The van der Waals surface area contributed by atoms with Crippen LogP contribution in [0.2, 0.25) is 0 Å². The van der Waals surface area contributed by atoms with E-state index in [9.17, 15) is 8.42 Å². The summed E-state index contributed by atoms with van der Waals surface area (Å²) in [6, 6.07) is 0. The molecule has 15 heavy (non-hydrogen) atoms. The van der Waals surface area contributed by atoms with Crippen LogP contribution in [0.15, 0.2) is 18.7 Å². The second kappa shape index (κ2) is 5.51. The molecule has 6 heteroatoms. The molecule has 0 atom stereocenters. The summed E-state index contributed by atoms with van der Waals surface area (Å²) >= 11 is 0. The number of nitrogens with zero attached hydrogens (tertiary/aromatic N) is 2. The molecule has 1 aromatic rings. The first kappa shape index (κ1) is 12.5. The lowest BCUT2D eigenvalue weighted by molar-refractivity contribution is -0.696. The van der Waals surface area contributed by atoms with Gasteiger partial charge in [-0.25, -0.2) is 17.6 Å². The second-order valence-electron chi connectivity index (χ2n) is 3.49. The molecule has 0 saturated carbocycles. The van der Waals surface area contributed by atoms with Gasteiger partial charge in [0.1, 0.15) is 12.4 Å². The zero-order valence-electron chi connectivity index (χ0n) is 8.76.